The van der Waals surface area contributed by atoms with E-state index >= 15 is 0 Å². The number of anilines is 2. The molecule has 3 amide bonds. The highest BCUT2D eigenvalue weighted by atomic mass is 32.1. The summed E-state index contributed by atoms with van der Waals surface area (Å²) in [5, 5.41) is 4.54. The summed E-state index contributed by atoms with van der Waals surface area (Å²) >= 11 is 1.14. The van der Waals surface area contributed by atoms with Crippen molar-refractivity contribution in [3.05, 3.63) is 69.9 Å². The van der Waals surface area contributed by atoms with Crippen LogP contribution in [0, 0.1) is 18.2 Å². The van der Waals surface area contributed by atoms with Crippen LogP contribution < -0.4 is 15.0 Å². The Kier molecular flexibility index (Phi) is 8.40. The van der Waals surface area contributed by atoms with Crippen molar-refractivity contribution in [3.63, 3.8) is 0 Å². The van der Waals surface area contributed by atoms with Crippen LogP contribution >= 0.6 is 11.3 Å². The van der Waals surface area contributed by atoms with E-state index in [1.54, 1.807) is 61.4 Å². The quantitative estimate of drug-likeness (QED) is 0.403. The molecule has 0 bridgehead atoms. The Hall–Kier alpha value is -4.43. The molecule has 0 saturated carbocycles. The number of carbonyl (C=O) groups is 3. The van der Waals surface area contributed by atoms with Crippen LogP contribution in [0.3, 0.4) is 0 Å². The summed E-state index contributed by atoms with van der Waals surface area (Å²) in [6, 6.07) is 9.78. The Bertz CT molecular complexity index is 1460. The van der Waals surface area contributed by atoms with Crippen molar-refractivity contribution in [1.82, 2.24) is 9.88 Å². The molecule has 4 rings (SSSR count). The number of hydrogen-bond donors (Lipinski definition) is 1. The molecule has 1 aromatic heterocycles. The molecule has 1 aliphatic heterocycles. The number of hydrogen-bond acceptors (Lipinski definition) is 7. The molecule has 40 heavy (non-hydrogen) atoms. The number of nitrogens with zero attached hydrogens (tertiary/aromatic N) is 3. The Morgan fingerprint density at radius 2 is 1.98 bits per heavy atom. The van der Waals surface area contributed by atoms with Gasteiger partial charge in [0.1, 0.15) is 28.9 Å². The second kappa shape index (κ2) is 11.8. The lowest BCUT2D eigenvalue weighted by molar-refractivity contribution is -0.129. The zero-order valence-corrected chi connectivity index (χ0v) is 23.4. The van der Waals surface area contributed by atoms with E-state index in [1.165, 1.54) is 24.1 Å². The molecule has 1 aliphatic rings. The van der Waals surface area contributed by atoms with Crippen LogP contribution in [0.2, 0.25) is 0 Å². The standard InChI is InChI=1S/C29H29FN4O5S/c1-6-25-32-23(17-40-25)26(35)34(24-11-12-33(27(24)36)16-18-7-9-19(30)10-8-18)21-13-20(14-22(15-21)38-5)31-28(37)39-29(2,3)4/h1,7-10,13-15,17,24H,11-12,16H2,2-5H3,(H,31,37). The molecule has 3 aromatic rings. The monoisotopic (exact) mass is 564 g/mol. The number of benzene rings is 2. The summed E-state index contributed by atoms with van der Waals surface area (Å²) in [5.41, 5.74) is 0.742. The number of terminal acetylenes is 1. The molecule has 1 fully saturated rings. The van der Waals surface area contributed by atoms with Crippen LogP contribution in [0.15, 0.2) is 47.8 Å². The number of nitrogens with one attached hydrogen (secondary N) is 1. The van der Waals surface area contributed by atoms with Gasteiger partial charge in [0.25, 0.3) is 5.91 Å². The topological polar surface area (TPSA) is 101 Å². The zero-order chi connectivity index (χ0) is 29.0. The van der Waals surface area contributed by atoms with Gasteiger partial charge < -0.3 is 14.4 Å². The number of methoxy groups -OCH3 is 1. The first-order valence-corrected chi connectivity index (χ1v) is 13.3. The van der Waals surface area contributed by atoms with Gasteiger partial charge in [-0.15, -0.1) is 17.8 Å². The van der Waals surface area contributed by atoms with E-state index in [-0.39, 0.29) is 24.0 Å². The number of halogens is 1. The molecule has 2 aromatic carbocycles. The molecule has 1 atom stereocenters. The summed E-state index contributed by atoms with van der Waals surface area (Å²) < 4.78 is 24.2. The van der Waals surface area contributed by atoms with Crippen molar-refractivity contribution in [3.8, 4) is 18.1 Å². The predicted octanol–water partition coefficient (Wildman–Crippen LogP) is 5.07. The normalized spacial score (nSPS) is 14.9. The average molecular weight is 565 g/mol. The third kappa shape index (κ3) is 6.76. The Morgan fingerprint density at radius 3 is 2.60 bits per heavy atom. The minimum Gasteiger partial charge on any atom is -0.497 e. The Labute approximate surface area is 235 Å². The van der Waals surface area contributed by atoms with Crippen LogP contribution in [-0.2, 0) is 16.1 Å². The maximum absolute atomic E-state index is 13.9. The first-order chi connectivity index (χ1) is 19.0. The maximum Gasteiger partial charge on any atom is 0.412 e. The van der Waals surface area contributed by atoms with E-state index < -0.39 is 23.6 Å². The van der Waals surface area contributed by atoms with E-state index in [0.29, 0.717) is 35.1 Å². The lowest BCUT2D eigenvalue weighted by Gasteiger charge is -2.28. The number of thiazole rings is 1. The first-order valence-electron chi connectivity index (χ1n) is 12.5. The van der Waals surface area contributed by atoms with Crippen molar-refractivity contribution in [2.24, 2.45) is 0 Å². The molecule has 1 saturated heterocycles. The number of aromatic nitrogens is 1. The van der Waals surface area contributed by atoms with Gasteiger partial charge in [-0.3, -0.25) is 19.8 Å². The number of amides is 3. The minimum absolute atomic E-state index is 0.0900. The maximum atomic E-state index is 13.9. The smallest absolute Gasteiger partial charge is 0.412 e. The highest BCUT2D eigenvalue weighted by Crippen LogP contribution is 2.33. The number of likely N-dealkylation sites (tertiary alicyclic amines) is 1. The Morgan fingerprint density at radius 1 is 1.25 bits per heavy atom. The third-order valence-electron chi connectivity index (χ3n) is 5.98. The van der Waals surface area contributed by atoms with Gasteiger partial charge in [0.15, 0.2) is 5.01 Å². The highest BCUT2D eigenvalue weighted by Gasteiger charge is 2.40. The van der Waals surface area contributed by atoms with E-state index in [2.05, 4.69) is 16.2 Å². The van der Waals surface area contributed by atoms with Crippen molar-refractivity contribution >= 4 is 40.6 Å². The van der Waals surface area contributed by atoms with Crippen LogP contribution in [-0.4, -0.2) is 53.1 Å². The Balaban J connectivity index is 1.70. The van der Waals surface area contributed by atoms with E-state index in [1.807, 2.05) is 0 Å². The number of rotatable bonds is 7. The van der Waals surface area contributed by atoms with Crippen LogP contribution in [0.1, 0.15) is 48.3 Å². The molecule has 1 N–H and O–H groups in total. The van der Waals surface area contributed by atoms with Crippen LogP contribution in [0.5, 0.6) is 5.75 Å². The molecule has 1 unspecified atom stereocenters. The van der Waals surface area contributed by atoms with Crippen molar-refractivity contribution < 1.29 is 28.2 Å². The van der Waals surface area contributed by atoms with E-state index in [9.17, 15) is 18.8 Å². The van der Waals surface area contributed by atoms with Gasteiger partial charge in [0, 0.05) is 36.3 Å². The second-order valence-corrected chi connectivity index (χ2v) is 11.0. The number of ether oxygens (including phenoxy) is 2. The van der Waals surface area contributed by atoms with Gasteiger partial charge in [-0.25, -0.2) is 14.2 Å². The summed E-state index contributed by atoms with van der Waals surface area (Å²) in [7, 11) is 1.45. The molecule has 11 heteroatoms. The largest absolute Gasteiger partial charge is 0.497 e. The molecular formula is C29H29FN4O5S. The highest BCUT2D eigenvalue weighted by molar-refractivity contribution is 7.10. The van der Waals surface area contributed by atoms with Crippen LogP contribution in [0.25, 0.3) is 0 Å². The number of carbonyl (C=O) groups excluding carboxylic acids is 3. The molecule has 2 heterocycles. The van der Waals surface area contributed by atoms with Crippen molar-refractivity contribution in [2.45, 2.75) is 45.4 Å². The molecule has 0 radical (unpaired) electrons. The zero-order valence-electron chi connectivity index (χ0n) is 22.6. The van der Waals surface area contributed by atoms with Gasteiger partial charge in [-0.05, 0) is 56.9 Å². The van der Waals surface area contributed by atoms with Gasteiger partial charge in [0.2, 0.25) is 5.91 Å². The summed E-state index contributed by atoms with van der Waals surface area (Å²) in [5.74, 6) is 1.58. The summed E-state index contributed by atoms with van der Waals surface area (Å²) in [4.78, 5) is 47.2. The second-order valence-electron chi connectivity index (χ2n) is 10.1. The SMILES string of the molecule is C#Cc1nc(C(=O)N(c2cc(NC(=O)OC(C)(C)C)cc(OC)c2)C2CCN(Cc3ccc(F)cc3)C2=O)cs1. The first kappa shape index (κ1) is 28.6. The van der Waals surface area contributed by atoms with Crippen molar-refractivity contribution in [2.75, 3.05) is 23.9 Å². The summed E-state index contributed by atoms with van der Waals surface area (Å²) in [6.45, 7) is 5.87. The van der Waals surface area contributed by atoms with Crippen LogP contribution in [0.4, 0.5) is 20.6 Å². The van der Waals surface area contributed by atoms with Gasteiger partial charge in [-0.1, -0.05) is 12.1 Å². The molecule has 9 nitrogen and oxygen atoms in total. The van der Waals surface area contributed by atoms with Gasteiger partial charge in [-0.2, -0.15) is 0 Å². The molecule has 0 aliphatic carbocycles. The lowest BCUT2D eigenvalue weighted by Crippen LogP contribution is -2.45. The minimum atomic E-state index is -0.870. The molecule has 208 valence electrons. The molecule has 0 spiro atoms. The fourth-order valence-corrected chi connectivity index (χ4v) is 4.86. The average Bonchev–Trinajstić information content (AvgIpc) is 3.52. The lowest BCUT2D eigenvalue weighted by atomic mass is 10.1. The fourth-order valence-electron chi connectivity index (χ4n) is 4.26. The third-order valence-corrected chi connectivity index (χ3v) is 6.76. The van der Waals surface area contributed by atoms with E-state index in [0.717, 1.165) is 16.9 Å². The summed E-state index contributed by atoms with van der Waals surface area (Å²) in [6.07, 6.45) is 5.11. The predicted molar refractivity (Wildman–Crippen MR) is 150 cm³/mol. The fraction of sp³-hybridized carbons (Fsp3) is 0.310. The molecular weight excluding hydrogens is 535 g/mol. The van der Waals surface area contributed by atoms with E-state index in [4.69, 9.17) is 15.9 Å². The van der Waals surface area contributed by atoms with Gasteiger partial charge >= 0.3 is 6.09 Å². The van der Waals surface area contributed by atoms with Crippen molar-refractivity contribution in [1.29, 1.82) is 0 Å². The van der Waals surface area contributed by atoms with Gasteiger partial charge in [0.05, 0.1) is 12.8 Å².